The lowest BCUT2D eigenvalue weighted by atomic mass is 10.0. The fourth-order valence-electron chi connectivity index (χ4n) is 1.55. The fourth-order valence-corrected chi connectivity index (χ4v) is 1.55. The molecule has 0 aromatic heterocycles. The van der Waals surface area contributed by atoms with Crippen molar-refractivity contribution < 1.29 is 9.59 Å². The molecule has 1 amide bonds. The third-order valence-electron chi connectivity index (χ3n) is 2.92. The van der Waals surface area contributed by atoms with Crippen molar-refractivity contribution in [2.75, 3.05) is 13.1 Å². The Morgan fingerprint density at radius 3 is 2.17 bits per heavy atom. The average molecular weight is 256 g/mol. The van der Waals surface area contributed by atoms with Gasteiger partial charge in [0, 0.05) is 5.92 Å². The smallest absolute Gasteiger partial charge is 0.237 e. The zero-order valence-corrected chi connectivity index (χ0v) is 12.4. The summed E-state index contributed by atoms with van der Waals surface area (Å²) in [5.41, 5.74) is 0. The topological polar surface area (TPSA) is 58.2 Å². The van der Waals surface area contributed by atoms with Gasteiger partial charge in [0.2, 0.25) is 5.91 Å². The first-order chi connectivity index (χ1) is 8.40. The molecule has 0 rings (SSSR count). The maximum atomic E-state index is 12.0. The van der Waals surface area contributed by atoms with Crippen molar-refractivity contribution in [3.05, 3.63) is 0 Å². The molecule has 0 bridgehead atoms. The van der Waals surface area contributed by atoms with Crippen LogP contribution < -0.4 is 10.6 Å². The first-order valence-electron chi connectivity index (χ1n) is 6.93. The first kappa shape index (κ1) is 17.1. The Bertz CT molecular complexity index is 263. The SMILES string of the molecule is CCCCNC(C(=O)NCC(=O)C(C)C)C(C)C. The minimum atomic E-state index is -0.212. The summed E-state index contributed by atoms with van der Waals surface area (Å²) >= 11 is 0. The Hall–Kier alpha value is -0.900. The van der Waals surface area contributed by atoms with Gasteiger partial charge in [0.25, 0.3) is 0 Å². The number of rotatable bonds is 9. The first-order valence-corrected chi connectivity index (χ1v) is 6.93. The predicted octanol–water partition coefficient (Wildman–Crippen LogP) is 1.74. The summed E-state index contributed by atoms with van der Waals surface area (Å²) in [6, 6.07) is -0.212. The van der Waals surface area contributed by atoms with E-state index in [4.69, 9.17) is 0 Å². The van der Waals surface area contributed by atoms with Gasteiger partial charge in [-0.05, 0) is 18.9 Å². The normalized spacial score (nSPS) is 12.8. The number of hydrogen-bond donors (Lipinski definition) is 2. The second kappa shape index (κ2) is 9.09. The molecule has 18 heavy (non-hydrogen) atoms. The van der Waals surface area contributed by atoms with Crippen LogP contribution >= 0.6 is 0 Å². The molecule has 106 valence electrons. The Morgan fingerprint density at radius 1 is 1.11 bits per heavy atom. The van der Waals surface area contributed by atoms with Crippen molar-refractivity contribution in [2.24, 2.45) is 11.8 Å². The van der Waals surface area contributed by atoms with Gasteiger partial charge < -0.3 is 10.6 Å². The zero-order chi connectivity index (χ0) is 14.1. The second-order valence-corrected chi connectivity index (χ2v) is 5.37. The highest BCUT2D eigenvalue weighted by Gasteiger charge is 2.21. The molecule has 1 unspecified atom stereocenters. The molecule has 2 N–H and O–H groups in total. The number of carbonyl (C=O) groups excluding carboxylic acids is 2. The molecule has 0 saturated heterocycles. The molecule has 0 aliphatic carbocycles. The molecule has 4 nitrogen and oxygen atoms in total. The molecule has 0 aromatic carbocycles. The molecular formula is C14H28N2O2. The van der Waals surface area contributed by atoms with Gasteiger partial charge in [0.05, 0.1) is 12.6 Å². The quantitative estimate of drug-likeness (QED) is 0.618. The fraction of sp³-hybridized carbons (Fsp3) is 0.857. The second-order valence-electron chi connectivity index (χ2n) is 5.37. The van der Waals surface area contributed by atoms with Gasteiger partial charge >= 0.3 is 0 Å². The molecule has 0 aliphatic heterocycles. The van der Waals surface area contributed by atoms with E-state index in [1.807, 2.05) is 27.7 Å². The number of amides is 1. The largest absolute Gasteiger partial charge is 0.348 e. The maximum Gasteiger partial charge on any atom is 0.237 e. The number of Topliss-reactive ketones (excluding diaryl/α,β-unsaturated/α-hetero) is 1. The molecule has 0 heterocycles. The summed E-state index contributed by atoms with van der Waals surface area (Å²) in [5, 5.41) is 5.97. The lowest BCUT2D eigenvalue weighted by Gasteiger charge is -2.21. The van der Waals surface area contributed by atoms with Crippen molar-refractivity contribution in [2.45, 2.75) is 53.5 Å². The predicted molar refractivity (Wildman–Crippen MR) is 74.4 cm³/mol. The number of nitrogens with one attached hydrogen (secondary N) is 2. The molecule has 0 radical (unpaired) electrons. The van der Waals surface area contributed by atoms with Gasteiger partial charge in [-0.25, -0.2) is 0 Å². The minimum absolute atomic E-state index is 0.0316. The zero-order valence-electron chi connectivity index (χ0n) is 12.4. The summed E-state index contributed by atoms with van der Waals surface area (Å²) in [7, 11) is 0. The van der Waals surface area contributed by atoms with Crippen LogP contribution in [0.25, 0.3) is 0 Å². The summed E-state index contributed by atoms with van der Waals surface area (Å²) in [6.07, 6.45) is 2.16. The van der Waals surface area contributed by atoms with Crippen LogP contribution in [0.4, 0.5) is 0 Å². The molecule has 0 spiro atoms. The number of hydrogen-bond acceptors (Lipinski definition) is 3. The summed E-state index contributed by atoms with van der Waals surface area (Å²) in [6.45, 7) is 10.8. The van der Waals surface area contributed by atoms with Crippen molar-refractivity contribution in [3.8, 4) is 0 Å². The van der Waals surface area contributed by atoms with Crippen LogP contribution in [-0.4, -0.2) is 30.8 Å². The van der Waals surface area contributed by atoms with Crippen LogP contribution in [0, 0.1) is 11.8 Å². The molecule has 0 aliphatic rings. The Kier molecular flexibility index (Phi) is 8.63. The average Bonchev–Trinajstić information content (AvgIpc) is 2.30. The minimum Gasteiger partial charge on any atom is -0.348 e. The van der Waals surface area contributed by atoms with Crippen molar-refractivity contribution in [1.82, 2.24) is 10.6 Å². The van der Waals surface area contributed by atoms with E-state index in [2.05, 4.69) is 17.6 Å². The Morgan fingerprint density at radius 2 is 1.72 bits per heavy atom. The van der Waals surface area contributed by atoms with E-state index < -0.39 is 0 Å². The monoisotopic (exact) mass is 256 g/mol. The van der Waals surface area contributed by atoms with Crippen molar-refractivity contribution in [3.63, 3.8) is 0 Å². The Labute approximate surface area is 111 Å². The van der Waals surface area contributed by atoms with E-state index in [0.29, 0.717) is 0 Å². The van der Waals surface area contributed by atoms with E-state index in [-0.39, 0.29) is 36.1 Å². The number of unbranched alkanes of at least 4 members (excludes halogenated alkanes) is 1. The molecule has 4 heteroatoms. The summed E-state index contributed by atoms with van der Waals surface area (Å²) in [4.78, 5) is 23.4. The summed E-state index contributed by atoms with van der Waals surface area (Å²) < 4.78 is 0. The standard InChI is InChI=1S/C14H28N2O2/c1-6-7-8-15-13(11(4)5)14(18)16-9-12(17)10(2)3/h10-11,13,15H,6-9H2,1-5H3,(H,16,18). The maximum absolute atomic E-state index is 12.0. The highest BCUT2D eigenvalue weighted by molar-refractivity contribution is 5.89. The number of carbonyl (C=O) groups is 2. The molecule has 0 fully saturated rings. The molecule has 1 atom stereocenters. The highest BCUT2D eigenvalue weighted by Crippen LogP contribution is 2.02. The van der Waals surface area contributed by atoms with Crippen LogP contribution in [0.2, 0.25) is 0 Å². The number of ketones is 1. The van der Waals surface area contributed by atoms with Gasteiger partial charge in [0.1, 0.15) is 0 Å². The van der Waals surface area contributed by atoms with E-state index in [1.54, 1.807) is 0 Å². The van der Waals surface area contributed by atoms with E-state index in [1.165, 1.54) is 0 Å². The molecular weight excluding hydrogens is 228 g/mol. The third-order valence-corrected chi connectivity index (χ3v) is 2.92. The van der Waals surface area contributed by atoms with Crippen LogP contribution in [-0.2, 0) is 9.59 Å². The molecule has 0 aromatic rings. The molecule has 0 saturated carbocycles. The van der Waals surface area contributed by atoms with Crippen molar-refractivity contribution >= 4 is 11.7 Å². The third kappa shape index (κ3) is 6.74. The lowest BCUT2D eigenvalue weighted by Crippen LogP contribution is -2.49. The van der Waals surface area contributed by atoms with Gasteiger partial charge in [0.15, 0.2) is 5.78 Å². The Balaban J connectivity index is 4.18. The highest BCUT2D eigenvalue weighted by atomic mass is 16.2. The van der Waals surface area contributed by atoms with E-state index >= 15 is 0 Å². The van der Waals surface area contributed by atoms with Crippen molar-refractivity contribution in [1.29, 1.82) is 0 Å². The van der Waals surface area contributed by atoms with Crippen LogP contribution in [0.3, 0.4) is 0 Å². The van der Waals surface area contributed by atoms with Crippen LogP contribution in [0.15, 0.2) is 0 Å². The van der Waals surface area contributed by atoms with Gasteiger partial charge in [-0.1, -0.05) is 41.0 Å². The van der Waals surface area contributed by atoms with E-state index in [9.17, 15) is 9.59 Å². The van der Waals surface area contributed by atoms with Gasteiger partial charge in [-0.15, -0.1) is 0 Å². The van der Waals surface area contributed by atoms with Crippen LogP contribution in [0.1, 0.15) is 47.5 Å². The van der Waals surface area contributed by atoms with E-state index in [0.717, 1.165) is 19.4 Å². The van der Waals surface area contributed by atoms with Gasteiger partial charge in [-0.3, -0.25) is 9.59 Å². The van der Waals surface area contributed by atoms with Crippen LogP contribution in [0.5, 0.6) is 0 Å². The van der Waals surface area contributed by atoms with Gasteiger partial charge in [-0.2, -0.15) is 0 Å². The lowest BCUT2D eigenvalue weighted by molar-refractivity contribution is -0.128. The summed E-state index contributed by atoms with van der Waals surface area (Å²) in [5.74, 6) is 0.182.